The average Bonchev–Trinajstić information content (AvgIpc) is 3.30. The molecule has 2 rings (SSSR count). The highest BCUT2D eigenvalue weighted by molar-refractivity contribution is 5.87. The van der Waals surface area contributed by atoms with Crippen LogP contribution in [0, 0.1) is 0 Å². The van der Waals surface area contributed by atoms with Crippen molar-refractivity contribution in [3.05, 3.63) is 29.6 Å². The van der Waals surface area contributed by atoms with Crippen molar-refractivity contribution in [3.8, 4) is 0 Å². The summed E-state index contributed by atoms with van der Waals surface area (Å²) in [6, 6.07) is 3.00. The minimum absolute atomic E-state index is 0.160. The number of carboxylic acids is 1. The summed E-state index contributed by atoms with van der Waals surface area (Å²) in [6.45, 7) is 1.25. The first-order valence-corrected chi connectivity index (χ1v) is 6.83. The number of carbonyl (C=O) groups excluding carboxylic acids is 1. The van der Waals surface area contributed by atoms with Crippen molar-refractivity contribution in [1.29, 1.82) is 0 Å². The minimum atomic E-state index is -1.01. The van der Waals surface area contributed by atoms with Crippen LogP contribution in [0.15, 0.2) is 18.3 Å². The molecule has 0 radical (unpaired) electrons. The lowest BCUT2D eigenvalue weighted by atomic mass is 10.2. The maximum absolute atomic E-state index is 12.1. The molecule has 0 atom stereocenters. The Labute approximate surface area is 122 Å². The molecule has 0 unspecified atom stereocenters. The molecular formula is C14H19N3O4. The number of amides is 2. The molecule has 7 heteroatoms. The molecular weight excluding hydrogens is 274 g/mol. The third-order valence-corrected chi connectivity index (χ3v) is 3.27. The quantitative estimate of drug-likeness (QED) is 0.785. The van der Waals surface area contributed by atoms with E-state index in [4.69, 9.17) is 9.84 Å². The Balaban J connectivity index is 1.90. The van der Waals surface area contributed by atoms with Crippen LogP contribution < -0.4 is 5.32 Å². The molecule has 2 N–H and O–H groups in total. The Morgan fingerprint density at radius 1 is 1.52 bits per heavy atom. The molecule has 1 aromatic heterocycles. The number of carboxylic acid groups (broad SMARTS) is 1. The number of methoxy groups -OCH3 is 1. The van der Waals surface area contributed by atoms with Crippen molar-refractivity contribution in [1.82, 2.24) is 15.2 Å². The van der Waals surface area contributed by atoms with Crippen molar-refractivity contribution >= 4 is 12.0 Å². The number of nitrogens with one attached hydrogen (secondary N) is 1. The molecule has 21 heavy (non-hydrogen) atoms. The van der Waals surface area contributed by atoms with Gasteiger partial charge in [0.25, 0.3) is 0 Å². The van der Waals surface area contributed by atoms with E-state index in [-0.39, 0.29) is 18.1 Å². The van der Waals surface area contributed by atoms with Crippen LogP contribution >= 0.6 is 0 Å². The molecule has 1 heterocycles. The summed E-state index contributed by atoms with van der Waals surface area (Å²) in [6.07, 6.45) is 3.46. The molecule has 0 bridgehead atoms. The number of carbonyl (C=O) groups is 2. The predicted octanol–water partition coefficient (Wildman–Crippen LogP) is 1.10. The van der Waals surface area contributed by atoms with Gasteiger partial charge >= 0.3 is 12.0 Å². The highest BCUT2D eigenvalue weighted by Crippen LogP contribution is 2.26. The maximum Gasteiger partial charge on any atom is 0.335 e. The Hall–Kier alpha value is -2.15. The molecule has 1 aliphatic carbocycles. The maximum atomic E-state index is 12.1. The Bertz CT molecular complexity index is 517. The van der Waals surface area contributed by atoms with Gasteiger partial charge in [0, 0.05) is 25.9 Å². The molecule has 2 amide bonds. The number of aromatic nitrogens is 1. The zero-order valence-electron chi connectivity index (χ0n) is 11.9. The van der Waals surface area contributed by atoms with Gasteiger partial charge in [-0.25, -0.2) is 9.59 Å². The molecule has 7 nitrogen and oxygen atoms in total. The lowest BCUT2D eigenvalue weighted by Gasteiger charge is -2.22. The lowest BCUT2D eigenvalue weighted by molar-refractivity contribution is 0.0696. The Kier molecular flexibility index (Phi) is 5.10. The topological polar surface area (TPSA) is 91.8 Å². The fraction of sp³-hybridized carbons (Fsp3) is 0.500. The van der Waals surface area contributed by atoms with Crippen molar-refractivity contribution in [2.75, 3.05) is 20.3 Å². The van der Waals surface area contributed by atoms with E-state index in [1.54, 1.807) is 12.0 Å². The second-order valence-corrected chi connectivity index (χ2v) is 4.92. The van der Waals surface area contributed by atoms with Gasteiger partial charge in [-0.2, -0.15) is 0 Å². The van der Waals surface area contributed by atoms with E-state index in [1.807, 2.05) is 0 Å². The monoisotopic (exact) mass is 293 g/mol. The number of ether oxygens (including phenoxy) is 1. The number of pyridine rings is 1. The van der Waals surface area contributed by atoms with E-state index in [9.17, 15) is 9.59 Å². The van der Waals surface area contributed by atoms with Crippen molar-refractivity contribution in [3.63, 3.8) is 0 Å². The van der Waals surface area contributed by atoms with Crippen LogP contribution in [0.3, 0.4) is 0 Å². The van der Waals surface area contributed by atoms with Crippen LogP contribution in [-0.2, 0) is 11.3 Å². The first-order valence-electron chi connectivity index (χ1n) is 6.83. The number of hydrogen-bond acceptors (Lipinski definition) is 4. The molecule has 1 aliphatic rings. The molecule has 0 spiro atoms. The summed E-state index contributed by atoms with van der Waals surface area (Å²) in [5.74, 6) is -1.01. The lowest BCUT2D eigenvalue weighted by Crippen LogP contribution is -2.42. The van der Waals surface area contributed by atoms with Gasteiger partial charge in [-0.3, -0.25) is 4.98 Å². The number of hydrogen-bond donors (Lipinski definition) is 2. The third kappa shape index (κ3) is 4.42. The molecule has 0 aromatic carbocycles. The summed E-state index contributed by atoms with van der Waals surface area (Å²) < 4.78 is 5.01. The van der Waals surface area contributed by atoms with E-state index in [0.29, 0.717) is 24.9 Å². The van der Waals surface area contributed by atoms with Crippen LogP contribution in [0.4, 0.5) is 4.79 Å². The number of aromatic carboxylic acids is 1. The van der Waals surface area contributed by atoms with Gasteiger partial charge in [-0.05, 0) is 25.0 Å². The van der Waals surface area contributed by atoms with Gasteiger partial charge in [0.15, 0.2) is 0 Å². The van der Waals surface area contributed by atoms with Gasteiger partial charge in [-0.15, -0.1) is 0 Å². The summed E-state index contributed by atoms with van der Waals surface area (Å²) in [4.78, 5) is 28.8. The Morgan fingerprint density at radius 2 is 2.29 bits per heavy atom. The van der Waals surface area contributed by atoms with E-state index < -0.39 is 5.97 Å². The smallest absolute Gasteiger partial charge is 0.335 e. The van der Waals surface area contributed by atoms with Gasteiger partial charge < -0.3 is 20.1 Å². The number of rotatable bonds is 7. The largest absolute Gasteiger partial charge is 0.478 e. The second kappa shape index (κ2) is 7.03. The van der Waals surface area contributed by atoms with Crippen LogP contribution in [0.1, 0.15) is 28.9 Å². The first-order chi connectivity index (χ1) is 10.1. The number of nitrogens with zero attached hydrogens (tertiary/aromatic N) is 2. The summed E-state index contributed by atoms with van der Waals surface area (Å²) in [5, 5.41) is 11.7. The van der Waals surface area contributed by atoms with Crippen molar-refractivity contribution < 1.29 is 19.4 Å². The normalized spacial score (nSPS) is 13.8. The minimum Gasteiger partial charge on any atom is -0.478 e. The molecule has 114 valence electrons. The fourth-order valence-corrected chi connectivity index (χ4v) is 2.00. The summed E-state index contributed by atoms with van der Waals surface area (Å²) in [7, 11) is 1.60. The zero-order valence-corrected chi connectivity index (χ0v) is 11.9. The van der Waals surface area contributed by atoms with E-state index in [2.05, 4.69) is 10.3 Å². The van der Waals surface area contributed by atoms with Crippen LogP contribution in [0.25, 0.3) is 0 Å². The third-order valence-electron chi connectivity index (χ3n) is 3.27. The van der Waals surface area contributed by atoms with Gasteiger partial charge in [0.1, 0.15) is 0 Å². The highest BCUT2D eigenvalue weighted by atomic mass is 16.5. The van der Waals surface area contributed by atoms with Gasteiger partial charge in [0.05, 0.1) is 24.4 Å². The fourth-order valence-electron chi connectivity index (χ4n) is 2.00. The molecule has 1 saturated carbocycles. The zero-order chi connectivity index (χ0) is 15.2. The van der Waals surface area contributed by atoms with Gasteiger partial charge in [0.2, 0.25) is 0 Å². The van der Waals surface area contributed by atoms with Crippen molar-refractivity contribution in [2.45, 2.75) is 25.4 Å². The molecule has 1 fully saturated rings. The van der Waals surface area contributed by atoms with E-state index in [1.165, 1.54) is 18.3 Å². The summed E-state index contributed by atoms with van der Waals surface area (Å²) in [5.41, 5.74) is 0.679. The SMILES string of the molecule is COCCN(C(=O)NCc1cc(C(=O)O)ccn1)C1CC1. The average molecular weight is 293 g/mol. The van der Waals surface area contributed by atoms with Crippen LogP contribution in [0.2, 0.25) is 0 Å². The number of urea groups is 1. The van der Waals surface area contributed by atoms with Crippen LogP contribution in [-0.4, -0.2) is 53.3 Å². The second-order valence-electron chi connectivity index (χ2n) is 4.92. The predicted molar refractivity (Wildman–Crippen MR) is 75.0 cm³/mol. The van der Waals surface area contributed by atoms with Gasteiger partial charge in [-0.1, -0.05) is 0 Å². The van der Waals surface area contributed by atoms with Crippen LogP contribution in [0.5, 0.6) is 0 Å². The standard InChI is InChI=1S/C14H19N3O4/c1-21-7-6-17(12-2-3-12)14(20)16-9-11-8-10(13(18)19)4-5-15-11/h4-5,8,12H,2-3,6-7,9H2,1H3,(H,16,20)(H,18,19). The van der Waals surface area contributed by atoms with E-state index >= 15 is 0 Å². The molecule has 0 aliphatic heterocycles. The van der Waals surface area contributed by atoms with Crippen molar-refractivity contribution in [2.24, 2.45) is 0 Å². The molecule has 1 aromatic rings. The van der Waals surface area contributed by atoms with E-state index in [0.717, 1.165) is 12.8 Å². The summed E-state index contributed by atoms with van der Waals surface area (Å²) >= 11 is 0. The molecule has 0 saturated heterocycles. The Morgan fingerprint density at radius 3 is 2.90 bits per heavy atom. The highest BCUT2D eigenvalue weighted by Gasteiger charge is 2.32. The first kappa shape index (κ1) is 15.2.